The molecule has 0 aliphatic heterocycles. The second kappa shape index (κ2) is 18.9. The van der Waals surface area contributed by atoms with Gasteiger partial charge in [-0.3, -0.25) is 9.59 Å². The number of nitrogens with one attached hydrogen (secondary N) is 2. The monoisotopic (exact) mass is 502 g/mol. The lowest BCUT2D eigenvalue weighted by Gasteiger charge is -2.32. The minimum Gasteiger partial charge on any atom is -0.375 e. The molecular weight excluding hydrogens is 448 g/mol. The molecule has 0 aliphatic rings. The zero-order valence-electron chi connectivity index (χ0n) is 22.7. The molecule has 208 valence electrons. The zero-order valence-corrected chi connectivity index (χ0v) is 22.7. The topological polar surface area (TPSA) is 181 Å². The van der Waals surface area contributed by atoms with Crippen LogP contribution in [0.3, 0.4) is 0 Å². The predicted molar refractivity (Wildman–Crippen MR) is 142 cm³/mol. The van der Waals surface area contributed by atoms with Gasteiger partial charge in [-0.1, -0.05) is 19.8 Å². The van der Waals surface area contributed by atoms with Crippen LogP contribution in [0.25, 0.3) is 0 Å². The van der Waals surface area contributed by atoms with Crippen LogP contribution in [-0.2, 0) is 19.1 Å². The van der Waals surface area contributed by atoms with Crippen LogP contribution in [0, 0.1) is 0 Å². The summed E-state index contributed by atoms with van der Waals surface area (Å²) in [5.74, 6) is -0.286. The van der Waals surface area contributed by atoms with E-state index >= 15 is 0 Å². The Balaban J connectivity index is 4.19. The molecule has 0 fully saturated rings. The molecular formula is C25H54N6O4. The number of carbonyl (C=O) groups is 2. The number of nitrogens with two attached hydrogens (primary N) is 4. The van der Waals surface area contributed by atoms with Crippen molar-refractivity contribution < 1.29 is 19.1 Å². The van der Waals surface area contributed by atoms with Crippen LogP contribution in [0.1, 0.15) is 85.5 Å². The molecule has 0 rings (SSSR count). The van der Waals surface area contributed by atoms with Crippen LogP contribution >= 0.6 is 0 Å². The van der Waals surface area contributed by atoms with Crippen molar-refractivity contribution in [2.45, 2.75) is 109 Å². The Labute approximate surface area is 213 Å². The minimum atomic E-state index is -0.508. The average Bonchev–Trinajstić information content (AvgIpc) is 2.81. The number of rotatable bonds is 22. The first-order valence-corrected chi connectivity index (χ1v) is 13.2. The third-order valence-electron chi connectivity index (χ3n) is 6.36. The number of carbonyl (C=O) groups excluding carboxylic acids is 2. The lowest BCUT2D eigenvalue weighted by Crippen LogP contribution is -2.43. The fourth-order valence-electron chi connectivity index (χ4n) is 3.47. The SMILES string of the molecule is CCC(C)(CCOC(C)(C)CCNC(=O)C(N)CCCCN)OCCNC(=O)C(N)CCCCN. The van der Waals surface area contributed by atoms with Gasteiger partial charge in [-0.15, -0.1) is 0 Å². The number of amides is 2. The van der Waals surface area contributed by atoms with Crippen LogP contribution in [0.15, 0.2) is 0 Å². The molecule has 0 spiro atoms. The highest BCUT2D eigenvalue weighted by Crippen LogP contribution is 2.22. The van der Waals surface area contributed by atoms with E-state index in [0.717, 1.165) is 38.5 Å². The largest absolute Gasteiger partial charge is 0.375 e. The molecule has 0 saturated carbocycles. The Hall–Kier alpha value is -1.30. The summed E-state index contributed by atoms with van der Waals surface area (Å²) in [5.41, 5.74) is 22.0. The normalized spacial score (nSPS) is 15.3. The first kappa shape index (κ1) is 33.7. The van der Waals surface area contributed by atoms with E-state index in [2.05, 4.69) is 24.5 Å². The van der Waals surface area contributed by atoms with E-state index in [1.807, 2.05) is 13.8 Å². The molecule has 35 heavy (non-hydrogen) atoms. The van der Waals surface area contributed by atoms with Crippen molar-refractivity contribution in [3.8, 4) is 0 Å². The number of hydrogen-bond donors (Lipinski definition) is 6. The molecule has 0 aromatic rings. The second-order valence-electron chi connectivity index (χ2n) is 10.1. The van der Waals surface area contributed by atoms with Gasteiger partial charge in [0.15, 0.2) is 0 Å². The molecule has 0 bridgehead atoms. The smallest absolute Gasteiger partial charge is 0.236 e. The van der Waals surface area contributed by atoms with E-state index in [0.29, 0.717) is 58.7 Å². The lowest BCUT2D eigenvalue weighted by atomic mass is 9.98. The molecule has 0 aromatic carbocycles. The molecule has 0 saturated heterocycles. The Morgan fingerprint density at radius 3 is 1.77 bits per heavy atom. The van der Waals surface area contributed by atoms with Crippen LogP contribution in [0.2, 0.25) is 0 Å². The molecule has 3 atom stereocenters. The van der Waals surface area contributed by atoms with Crippen LogP contribution < -0.4 is 33.6 Å². The summed E-state index contributed by atoms with van der Waals surface area (Å²) >= 11 is 0. The highest BCUT2D eigenvalue weighted by molar-refractivity contribution is 5.81. The Bertz CT molecular complexity index is 578. The summed E-state index contributed by atoms with van der Waals surface area (Å²) in [6, 6.07) is -1.00. The van der Waals surface area contributed by atoms with Gasteiger partial charge < -0.3 is 43.0 Å². The first-order chi connectivity index (χ1) is 16.5. The van der Waals surface area contributed by atoms with Crippen molar-refractivity contribution in [2.75, 3.05) is 39.4 Å². The third kappa shape index (κ3) is 16.9. The minimum absolute atomic E-state index is 0.131. The van der Waals surface area contributed by atoms with E-state index < -0.39 is 12.1 Å². The summed E-state index contributed by atoms with van der Waals surface area (Å²) in [7, 11) is 0. The molecule has 0 aliphatic carbocycles. The van der Waals surface area contributed by atoms with E-state index in [1.165, 1.54) is 0 Å². The van der Waals surface area contributed by atoms with Gasteiger partial charge in [0.05, 0.1) is 36.5 Å². The summed E-state index contributed by atoms with van der Waals surface area (Å²) in [6.07, 6.45) is 6.94. The lowest BCUT2D eigenvalue weighted by molar-refractivity contribution is -0.124. The van der Waals surface area contributed by atoms with E-state index in [4.69, 9.17) is 32.4 Å². The van der Waals surface area contributed by atoms with Gasteiger partial charge >= 0.3 is 0 Å². The van der Waals surface area contributed by atoms with Gasteiger partial charge in [0.1, 0.15) is 0 Å². The molecule has 0 heterocycles. The number of ether oxygens (including phenoxy) is 2. The summed E-state index contributed by atoms with van der Waals surface area (Å²) in [6.45, 7) is 11.2. The van der Waals surface area contributed by atoms with Gasteiger partial charge in [-0.05, 0) is 78.8 Å². The Kier molecular flexibility index (Phi) is 18.2. The Morgan fingerprint density at radius 1 is 0.771 bits per heavy atom. The average molecular weight is 503 g/mol. The Morgan fingerprint density at radius 2 is 1.29 bits per heavy atom. The standard InChI is InChI=1S/C25H54N6O4/c1-5-25(4,35-19-17-31-23(33)21(29)11-7-9-15-27)13-18-34-24(2,3)12-16-30-22(32)20(28)10-6-8-14-26/h20-21H,5-19,26-29H2,1-4H3,(H,30,32)(H,31,33). The van der Waals surface area contributed by atoms with Gasteiger partial charge in [-0.2, -0.15) is 0 Å². The van der Waals surface area contributed by atoms with Crippen LogP contribution in [-0.4, -0.2) is 74.5 Å². The maximum absolute atomic E-state index is 12.1. The van der Waals surface area contributed by atoms with Crippen molar-refractivity contribution >= 4 is 11.8 Å². The van der Waals surface area contributed by atoms with Gasteiger partial charge in [0.2, 0.25) is 11.8 Å². The van der Waals surface area contributed by atoms with Crippen LogP contribution in [0.4, 0.5) is 0 Å². The molecule has 0 aromatic heterocycles. The van der Waals surface area contributed by atoms with Gasteiger partial charge in [-0.25, -0.2) is 0 Å². The molecule has 10 N–H and O–H groups in total. The maximum atomic E-state index is 12.1. The third-order valence-corrected chi connectivity index (χ3v) is 6.36. The van der Waals surface area contributed by atoms with Crippen molar-refractivity contribution in [1.29, 1.82) is 0 Å². The maximum Gasteiger partial charge on any atom is 0.236 e. The second-order valence-corrected chi connectivity index (χ2v) is 10.1. The van der Waals surface area contributed by atoms with Gasteiger partial charge in [0, 0.05) is 13.1 Å². The molecule has 10 nitrogen and oxygen atoms in total. The predicted octanol–water partition coefficient (Wildman–Crippen LogP) is 0.892. The summed E-state index contributed by atoms with van der Waals surface area (Å²) in [5, 5.41) is 5.74. The molecule has 3 unspecified atom stereocenters. The van der Waals surface area contributed by atoms with Crippen molar-refractivity contribution in [2.24, 2.45) is 22.9 Å². The summed E-state index contributed by atoms with van der Waals surface area (Å²) in [4.78, 5) is 24.2. The quantitative estimate of drug-likeness (QED) is 0.118. The van der Waals surface area contributed by atoms with Crippen molar-refractivity contribution in [1.82, 2.24) is 10.6 Å². The highest BCUT2D eigenvalue weighted by Gasteiger charge is 2.26. The zero-order chi connectivity index (χ0) is 26.7. The molecule has 10 heteroatoms. The van der Waals surface area contributed by atoms with E-state index in [-0.39, 0.29) is 23.0 Å². The van der Waals surface area contributed by atoms with Gasteiger partial charge in [0.25, 0.3) is 0 Å². The number of unbranched alkanes of at least 4 members (excludes halogenated alkanes) is 2. The van der Waals surface area contributed by atoms with E-state index in [1.54, 1.807) is 0 Å². The van der Waals surface area contributed by atoms with Crippen molar-refractivity contribution in [3.63, 3.8) is 0 Å². The fourth-order valence-corrected chi connectivity index (χ4v) is 3.47. The van der Waals surface area contributed by atoms with Crippen molar-refractivity contribution in [3.05, 3.63) is 0 Å². The van der Waals surface area contributed by atoms with E-state index in [9.17, 15) is 9.59 Å². The molecule has 2 amide bonds. The summed E-state index contributed by atoms with van der Waals surface area (Å²) < 4.78 is 12.2. The highest BCUT2D eigenvalue weighted by atomic mass is 16.5. The fraction of sp³-hybridized carbons (Fsp3) is 0.920. The van der Waals surface area contributed by atoms with Crippen LogP contribution in [0.5, 0.6) is 0 Å². The first-order valence-electron chi connectivity index (χ1n) is 13.2. The number of hydrogen-bond acceptors (Lipinski definition) is 8. The molecule has 0 radical (unpaired) electrons.